The van der Waals surface area contributed by atoms with Gasteiger partial charge in [0.1, 0.15) is 0 Å². The predicted molar refractivity (Wildman–Crippen MR) is 66.6 cm³/mol. The normalized spacial score (nSPS) is 21.5. The van der Waals surface area contributed by atoms with Crippen LogP contribution >= 0.6 is 0 Å². The number of rotatable bonds is 4. The van der Waals surface area contributed by atoms with Crippen LogP contribution in [0.3, 0.4) is 0 Å². The van der Waals surface area contributed by atoms with Crippen LogP contribution in [0.25, 0.3) is 0 Å². The molecular weight excluding hydrogens is 198 g/mol. The lowest BCUT2D eigenvalue weighted by Gasteiger charge is -2.28. The number of aryl methyl sites for hydroxylation is 1. The lowest BCUT2D eigenvalue weighted by molar-refractivity contribution is 0.223. The number of hydrogen-bond acceptors (Lipinski definition) is 2. The summed E-state index contributed by atoms with van der Waals surface area (Å²) in [5, 5.41) is 12.7. The molecule has 0 amide bonds. The minimum atomic E-state index is 0.245. The SMILES string of the molecule is CC[C@H](CO)N[C@@H]1CCc2ccccc2C1. The minimum absolute atomic E-state index is 0.245. The van der Waals surface area contributed by atoms with E-state index in [1.807, 2.05) is 0 Å². The maximum Gasteiger partial charge on any atom is 0.0584 e. The van der Waals surface area contributed by atoms with Gasteiger partial charge in [0.05, 0.1) is 6.61 Å². The van der Waals surface area contributed by atoms with E-state index < -0.39 is 0 Å². The summed E-state index contributed by atoms with van der Waals surface area (Å²) in [7, 11) is 0. The number of aliphatic hydroxyl groups is 1. The number of aliphatic hydroxyl groups excluding tert-OH is 1. The maximum atomic E-state index is 9.19. The lowest BCUT2D eigenvalue weighted by atomic mass is 9.88. The minimum Gasteiger partial charge on any atom is -0.395 e. The average Bonchev–Trinajstić information content (AvgIpc) is 2.35. The van der Waals surface area contributed by atoms with E-state index in [1.54, 1.807) is 0 Å². The van der Waals surface area contributed by atoms with Crippen LogP contribution in [0, 0.1) is 0 Å². The fourth-order valence-electron chi connectivity index (χ4n) is 2.47. The fourth-order valence-corrected chi connectivity index (χ4v) is 2.47. The Morgan fingerprint density at radius 2 is 2.12 bits per heavy atom. The van der Waals surface area contributed by atoms with E-state index >= 15 is 0 Å². The molecule has 0 fully saturated rings. The molecule has 1 aromatic rings. The van der Waals surface area contributed by atoms with Gasteiger partial charge in [0, 0.05) is 12.1 Å². The summed E-state index contributed by atoms with van der Waals surface area (Å²) < 4.78 is 0. The Bertz CT molecular complexity index is 333. The lowest BCUT2D eigenvalue weighted by Crippen LogP contribution is -2.43. The predicted octanol–water partition coefficient (Wildman–Crippen LogP) is 1.90. The van der Waals surface area contributed by atoms with E-state index in [-0.39, 0.29) is 12.6 Å². The van der Waals surface area contributed by atoms with Gasteiger partial charge in [-0.2, -0.15) is 0 Å². The van der Waals surface area contributed by atoms with Gasteiger partial charge < -0.3 is 10.4 Å². The summed E-state index contributed by atoms with van der Waals surface area (Å²) in [6.07, 6.45) is 4.45. The first-order valence-corrected chi connectivity index (χ1v) is 6.27. The molecule has 1 aliphatic carbocycles. The molecule has 0 spiro atoms. The number of benzene rings is 1. The highest BCUT2D eigenvalue weighted by Crippen LogP contribution is 2.21. The summed E-state index contributed by atoms with van der Waals surface area (Å²) >= 11 is 0. The fraction of sp³-hybridized carbons (Fsp3) is 0.571. The van der Waals surface area contributed by atoms with Crippen molar-refractivity contribution < 1.29 is 5.11 Å². The Balaban J connectivity index is 1.97. The van der Waals surface area contributed by atoms with Crippen molar-refractivity contribution in [3.8, 4) is 0 Å². The second-order valence-corrected chi connectivity index (χ2v) is 4.66. The monoisotopic (exact) mass is 219 g/mol. The van der Waals surface area contributed by atoms with Crippen LogP contribution in [-0.2, 0) is 12.8 Å². The van der Waals surface area contributed by atoms with Crippen LogP contribution in [0.4, 0.5) is 0 Å². The molecule has 2 rings (SSSR count). The molecule has 0 saturated heterocycles. The van der Waals surface area contributed by atoms with Gasteiger partial charge in [-0.3, -0.25) is 0 Å². The van der Waals surface area contributed by atoms with Crippen LogP contribution < -0.4 is 5.32 Å². The zero-order chi connectivity index (χ0) is 11.4. The summed E-state index contributed by atoms with van der Waals surface area (Å²) in [6.45, 7) is 2.36. The van der Waals surface area contributed by atoms with E-state index in [0.29, 0.717) is 6.04 Å². The maximum absolute atomic E-state index is 9.19. The molecule has 0 saturated carbocycles. The standard InChI is InChI=1S/C14H21NO/c1-2-13(10-16)15-14-8-7-11-5-3-4-6-12(11)9-14/h3-6,13-16H,2,7-10H2,1H3/t13-,14-/m1/s1. The molecule has 2 heteroatoms. The molecule has 0 bridgehead atoms. The zero-order valence-electron chi connectivity index (χ0n) is 9.95. The highest BCUT2D eigenvalue weighted by Gasteiger charge is 2.19. The highest BCUT2D eigenvalue weighted by atomic mass is 16.3. The number of nitrogens with one attached hydrogen (secondary N) is 1. The molecule has 0 heterocycles. The summed E-state index contributed by atoms with van der Waals surface area (Å²) in [5.74, 6) is 0. The summed E-state index contributed by atoms with van der Waals surface area (Å²) in [5.41, 5.74) is 2.97. The van der Waals surface area contributed by atoms with Crippen LogP contribution in [-0.4, -0.2) is 23.8 Å². The third-order valence-corrected chi connectivity index (χ3v) is 3.53. The molecule has 1 aliphatic rings. The third kappa shape index (κ3) is 2.63. The Morgan fingerprint density at radius 3 is 2.81 bits per heavy atom. The van der Waals surface area contributed by atoms with Crippen molar-refractivity contribution in [1.82, 2.24) is 5.32 Å². The number of hydrogen-bond donors (Lipinski definition) is 2. The second kappa shape index (κ2) is 5.46. The quantitative estimate of drug-likeness (QED) is 0.810. The van der Waals surface area contributed by atoms with Gasteiger partial charge in [0.15, 0.2) is 0 Å². The molecule has 0 radical (unpaired) electrons. The zero-order valence-corrected chi connectivity index (χ0v) is 9.95. The first-order chi connectivity index (χ1) is 7.83. The van der Waals surface area contributed by atoms with E-state index in [1.165, 1.54) is 17.5 Å². The Morgan fingerprint density at radius 1 is 1.38 bits per heavy atom. The van der Waals surface area contributed by atoms with Crippen molar-refractivity contribution in [2.24, 2.45) is 0 Å². The molecular formula is C14H21NO. The molecule has 88 valence electrons. The topological polar surface area (TPSA) is 32.3 Å². The highest BCUT2D eigenvalue weighted by molar-refractivity contribution is 5.30. The molecule has 2 N–H and O–H groups in total. The van der Waals surface area contributed by atoms with Crippen LogP contribution in [0.1, 0.15) is 30.9 Å². The van der Waals surface area contributed by atoms with E-state index in [4.69, 9.17) is 0 Å². The van der Waals surface area contributed by atoms with Gasteiger partial charge in [-0.15, -0.1) is 0 Å². The van der Waals surface area contributed by atoms with Gasteiger partial charge in [-0.1, -0.05) is 31.2 Å². The summed E-state index contributed by atoms with van der Waals surface area (Å²) in [6, 6.07) is 9.49. The van der Waals surface area contributed by atoms with Crippen LogP contribution in [0.15, 0.2) is 24.3 Å². The van der Waals surface area contributed by atoms with E-state index in [0.717, 1.165) is 19.3 Å². The van der Waals surface area contributed by atoms with Crippen molar-refractivity contribution in [3.05, 3.63) is 35.4 Å². The number of fused-ring (bicyclic) bond motifs is 1. The molecule has 2 nitrogen and oxygen atoms in total. The first-order valence-electron chi connectivity index (χ1n) is 6.27. The smallest absolute Gasteiger partial charge is 0.0584 e. The Labute approximate surface area is 97.7 Å². The van der Waals surface area contributed by atoms with Crippen molar-refractivity contribution in [3.63, 3.8) is 0 Å². The van der Waals surface area contributed by atoms with E-state index in [2.05, 4.69) is 36.5 Å². The van der Waals surface area contributed by atoms with Crippen LogP contribution in [0.5, 0.6) is 0 Å². The second-order valence-electron chi connectivity index (χ2n) is 4.66. The van der Waals surface area contributed by atoms with Crippen LogP contribution in [0.2, 0.25) is 0 Å². The van der Waals surface area contributed by atoms with Crippen molar-refractivity contribution in [2.75, 3.05) is 6.61 Å². The van der Waals surface area contributed by atoms with Gasteiger partial charge in [0.2, 0.25) is 0 Å². The van der Waals surface area contributed by atoms with Crippen molar-refractivity contribution in [2.45, 2.75) is 44.7 Å². The van der Waals surface area contributed by atoms with Crippen molar-refractivity contribution in [1.29, 1.82) is 0 Å². The Kier molecular flexibility index (Phi) is 3.97. The molecule has 0 aliphatic heterocycles. The largest absolute Gasteiger partial charge is 0.395 e. The Hall–Kier alpha value is -0.860. The average molecular weight is 219 g/mol. The van der Waals surface area contributed by atoms with Gasteiger partial charge >= 0.3 is 0 Å². The molecule has 2 atom stereocenters. The van der Waals surface area contributed by atoms with Gasteiger partial charge in [-0.25, -0.2) is 0 Å². The van der Waals surface area contributed by atoms with Gasteiger partial charge in [-0.05, 0) is 36.8 Å². The molecule has 1 aromatic carbocycles. The molecule has 0 unspecified atom stereocenters. The molecule has 16 heavy (non-hydrogen) atoms. The summed E-state index contributed by atoms with van der Waals surface area (Å²) in [4.78, 5) is 0. The molecule has 0 aromatic heterocycles. The first kappa shape index (κ1) is 11.6. The van der Waals surface area contributed by atoms with E-state index in [9.17, 15) is 5.11 Å². The third-order valence-electron chi connectivity index (χ3n) is 3.53. The van der Waals surface area contributed by atoms with Crippen molar-refractivity contribution >= 4 is 0 Å². The van der Waals surface area contributed by atoms with Gasteiger partial charge in [0.25, 0.3) is 0 Å².